The lowest BCUT2D eigenvalue weighted by Crippen LogP contribution is -2.29. The summed E-state index contributed by atoms with van der Waals surface area (Å²) in [5.41, 5.74) is -2.75. The Morgan fingerprint density at radius 3 is 2.10 bits per heavy atom. The van der Waals surface area contributed by atoms with Crippen molar-refractivity contribution in [2.24, 2.45) is 0 Å². The predicted molar refractivity (Wildman–Crippen MR) is 121 cm³/mol. The van der Waals surface area contributed by atoms with Crippen molar-refractivity contribution in [1.29, 1.82) is 0 Å². The van der Waals surface area contributed by atoms with Gasteiger partial charge in [0.25, 0.3) is 0 Å². The summed E-state index contributed by atoms with van der Waals surface area (Å²) in [4.78, 5) is 25.5. The number of methoxy groups -OCH3 is 1. The lowest BCUT2D eigenvalue weighted by molar-refractivity contribution is -0.152. The zero-order valence-electron chi connectivity index (χ0n) is 20.1. The Morgan fingerprint density at radius 1 is 0.900 bits per heavy atom. The first-order chi connectivity index (χ1) is 18.8. The smallest absolute Gasteiger partial charge is 0.450 e. The summed E-state index contributed by atoms with van der Waals surface area (Å²) in [7, 11) is 1.20. The van der Waals surface area contributed by atoms with E-state index >= 15 is 0 Å². The van der Waals surface area contributed by atoms with Crippen molar-refractivity contribution in [2.45, 2.75) is 19.2 Å². The zero-order valence-corrected chi connectivity index (χ0v) is 20.1. The lowest BCUT2D eigenvalue weighted by atomic mass is 10.0. The maximum Gasteiger partial charge on any atom is 0.450 e. The van der Waals surface area contributed by atoms with Gasteiger partial charge in [-0.2, -0.15) is 22.0 Å². The zero-order chi connectivity index (χ0) is 29.5. The van der Waals surface area contributed by atoms with E-state index in [1.165, 1.54) is 31.4 Å². The Morgan fingerprint density at radius 2 is 1.50 bits per heavy atom. The summed E-state index contributed by atoms with van der Waals surface area (Å²) in [5.74, 6) is -17.1. The van der Waals surface area contributed by atoms with Crippen LogP contribution >= 0.6 is 0 Å². The van der Waals surface area contributed by atoms with Crippen LogP contribution in [0.15, 0.2) is 51.7 Å². The van der Waals surface area contributed by atoms with E-state index in [2.05, 4.69) is 4.74 Å². The van der Waals surface area contributed by atoms with Gasteiger partial charge in [-0.15, -0.1) is 0 Å². The fourth-order valence-electron chi connectivity index (χ4n) is 3.64. The number of benzene rings is 3. The highest BCUT2D eigenvalue weighted by Crippen LogP contribution is 2.40. The van der Waals surface area contributed by atoms with Gasteiger partial charge >= 0.3 is 12.1 Å². The van der Waals surface area contributed by atoms with Crippen molar-refractivity contribution in [3.05, 3.63) is 87.5 Å². The maximum atomic E-state index is 13.9. The van der Waals surface area contributed by atoms with Gasteiger partial charge < -0.3 is 18.6 Å². The molecule has 1 heterocycles. The molecule has 210 valence electrons. The fraction of sp³-hybridized carbons (Fsp3) is 0.154. The minimum atomic E-state index is -5.15. The third-order valence-corrected chi connectivity index (χ3v) is 5.51. The number of rotatable bonds is 6. The van der Waals surface area contributed by atoms with Crippen LogP contribution in [-0.2, 0) is 11.0 Å². The maximum absolute atomic E-state index is 13.9. The first-order valence-corrected chi connectivity index (χ1v) is 11.0. The molecule has 0 bridgehead atoms. The molecule has 0 aliphatic rings. The number of esters is 1. The van der Waals surface area contributed by atoms with Crippen LogP contribution < -0.4 is 19.6 Å². The second kappa shape index (κ2) is 10.5. The summed E-state index contributed by atoms with van der Waals surface area (Å²) >= 11 is 0. The molecular formula is C26H14F8O6. The fourth-order valence-corrected chi connectivity index (χ4v) is 3.64. The van der Waals surface area contributed by atoms with Gasteiger partial charge in [-0.3, -0.25) is 4.79 Å². The summed E-state index contributed by atoms with van der Waals surface area (Å²) in [6, 6.07) is 8.21. The minimum Gasteiger partial charge on any atom is -0.496 e. The SMILES string of the molecule is COc1ccccc1-c1c(C(F)(F)F)oc2cc(OC(=O)C(C)Oc3c(F)c(F)c(F)c(F)c3F)ccc2c1=O. The van der Waals surface area contributed by atoms with Crippen LogP contribution in [0.25, 0.3) is 22.1 Å². The van der Waals surface area contributed by atoms with Crippen molar-refractivity contribution < 1.29 is 58.5 Å². The molecule has 0 saturated heterocycles. The van der Waals surface area contributed by atoms with Gasteiger partial charge in [0, 0.05) is 11.6 Å². The Balaban J connectivity index is 1.70. The molecule has 0 radical (unpaired) electrons. The van der Waals surface area contributed by atoms with E-state index in [-0.39, 0.29) is 16.7 Å². The molecule has 1 aromatic heterocycles. The molecule has 0 aliphatic carbocycles. The van der Waals surface area contributed by atoms with Crippen molar-refractivity contribution >= 4 is 16.9 Å². The molecule has 0 saturated carbocycles. The van der Waals surface area contributed by atoms with Crippen LogP contribution in [0.5, 0.6) is 17.2 Å². The molecule has 3 aromatic carbocycles. The molecule has 6 nitrogen and oxygen atoms in total. The molecule has 40 heavy (non-hydrogen) atoms. The van der Waals surface area contributed by atoms with Gasteiger partial charge in [-0.1, -0.05) is 18.2 Å². The van der Waals surface area contributed by atoms with E-state index in [4.69, 9.17) is 13.9 Å². The van der Waals surface area contributed by atoms with Gasteiger partial charge in [0.1, 0.15) is 17.1 Å². The molecule has 0 aliphatic heterocycles. The average molecular weight is 574 g/mol. The van der Waals surface area contributed by atoms with Crippen molar-refractivity contribution in [1.82, 2.24) is 0 Å². The van der Waals surface area contributed by atoms with E-state index < -0.39 is 81.2 Å². The van der Waals surface area contributed by atoms with Crippen LogP contribution in [0.3, 0.4) is 0 Å². The van der Waals surface area contributed by atoms with Gasteiger partial charge in [0.05, 0.1) is 18.1 Å². The van der Waals surface area contributed by atoms with E-state index in [0.717, 1.165) is 25.1 Å². The van der Waals surface area contributed by atoms with Gasteiger partial charge in [0.15, 0.2) is 11.9 Å². The normalized spacial score (nSPS) is 12.3. The first-order valence-electron chi connectivity index (χ1n) is 11.0. The summed E-state index contributed by atoms with van der Waals surface area (Å²) in [5, 5.41) is -0.334. The molecule has 1 unspecified atom stereocenters. The Kier molecular flexibility index (Phi) is 7.46. The van der Waals surface area contributed by atoms with Gasteiger partial charge in [-0.25, -0.2) is 18.0 Å². The highest BCUT2D eigenvalue weighted by molar-refractivity contribution is 5.86. The third kappa shape index (κ3) is 5.03. The Hall–Kier alpha value is -4.62. The molecule has 0 amide bonds. The second-order valence-electron chi connectivity index (χ2n) is 8.07. The Bertz CT molecular complexity index is 1670. The Labute approximate surface area is 218 Å². The largest absolute Gasteiger partial charge is 0.496 e. The molecular weight excluding hydrogens is 560 g/mol. The van der Waals surface area contributed by atoms with Crippen molar-refractivity contribution in [2.75, 3.05) is 7.11 Å². The number of carbonyl (C=O) groups excluding carboxylic acids is 1. The number of alkyl halides is 3. The van der Waals surface area contributed by atoms with E-state index in [9.17, 15) is 44.7 Å². The van der Waals surface area contributed by atoms with Crippen molar-refractivity contribution in [3.63, 3.8) is 0 Å². The number of fused-ring (bicyclic) bond motifs is 1. The molecule has 0 fully saturated rings. The number of carbonyl (C=O) groups is 1. The molecule has 0 N–H and O–H groups in total. The molecule has 4 aromatic rings. The van der Waals surface area contributed by atoms with Crippen LogP contribution in [0.4, 0.5) is 35.1 Å². The number of hydrogen-bond acceptors (Lipinski definition) is 6. The lowest BCUT2D eigenvalue weighted by Gasteiger charge is -2.16. The third-order valence-electron chi connectivity index (χ3n) is 5.51. The number of para-hydroxylation sites is 1. The van der Waals surface area contributed by atoms with Crippen LogP contribution in [0.1, 0.15) is 12.7 Å². The first kappa shape index (κ1) is 28.4. The van der Waals surface area contributed by atoms with Crippen LogP contribution in [0.2, 0.25) is 0 Å². The molecule has 14 heteroatoms. The topological polar surface area (TPSA) is 75.0 Å². The van der Waals surface area contributed by atoms with Crippen LogP contribution in [-0.4, -0.2) is 19.2 Å². The van der Waals surface area contributed by atoms with E-state index in [1.54, 1.807) is 0 Å². The van der Waals surface area contributed by atoms with E-state index in [0.29, 0.717) is 0 Å². The van der Waals surface area contributed by atoms with E-state index in [1.807, 2.05) is 0 Å². The second-order valence-corrected chi connectivity index (χ2v) is 8.07. The number of hydrogen-bond donors (Lipinski definition) is 0. The van der Waals surface area contributed by atoms with Crippen molar-refractivity contribution in [3.8, 4) is 28.4 Å². The predicted octanol–water partition coefficient (Wildman–Crippen LogP) is 6.56. The minimum absolute atomic E-state index is 0.0343. The quantitative estimate of drug-likeness (QED) is 0.0855. The molecule has 1 atom stereocenters. The van der Waals surface area contributed by atoms with Gasteiger partial charge in [0.2, 0.25) is 40.3 Å². The van der Waals surface area contributed by atoms with Crippen LogP contribution in [0, 0.1) is 29.1 Å². The van der Waals surface area contributed by atoms with Gasteiger partial charge in [-0.05, 0) is 25.1 Å². The number of halogens is 8. The molecule has 4 rings (SSSR count). The molecule has 0 spiro atoms. The summed E-state index contributed by atoms with van der Waals surface area (Å²) < 4.78 is 129. The average Bonchev–Trinajstić information content (AvgIpc) is 2.92. The highest BCUT2D eigenvalue weighted by Gasteiger charge is 2.40. The standard InChI is InChI=1S/C26H14F8O6/c1-10(38-23-20(30)18(28)17(27)19(29)21(23)31)25(36)39-11-7-8-13-15(9-11)40-24(26(32,33)34)16(22(13)35)12-5-3-4-6-14(12)37-2/h3-10H,1-2H3. The number of ether oxygens (including phenoxy) is 3. The monoisotopic (exact) mass is 574 g/mol. The highest BCUT2D eigenvalue weighted by atomic mass is 19.4. The summed E-state index contributed by atoms with van der Waals surface area (Å²) in [6.07, 6.45) is -7.11. The summed E-state index contributed by atoms with van der Waals surface area (Å²) in [6.45, 7) is 0.850.